The van der Waals surface area contributed by atoms with Crippen molar-refractivity contribution in [3.63, 3.8) is 0 Å². The maximum absolute atomic E-state index is 12.7. The van der Waals surface area contributed by atoms with Crippen LogP contribution >= 0.6 is 24.2 Å². The van der Waals surface area contributed by atoms with Crippen LogP contribution in [0.3, 0.4) is 0 Å². The lowest BCUT2D eigenvalue weighted by Gasteiger charge is -2.20. The molecule has 0 spiro atoms. The van der Waals surface area contributed by atoms with E-state index in [9.17, 15) is 4.79 Å². The number of halogens is 1. The van der Waals surface area contributed by atoms with E-state index in [4.69, 9.17) is 14.9 Å². The lowest BCUT2D eigenvalue weighted by atomic mass is 10.1. The van der Waals surface area contributed by atoms with Gasteiger partial charge in [0.05, 0.1) is 5.57 Å². The fraction of sp³-hybridized carbons (Fsp3) is 0.143. The number of ether oxygens (including phenoxy) is 2. The molecule has 0 aromatic heterocycles. The van der Waals surface area contributed by atoms with Gasteiger partial charge in [0, 0.05) is 5.56 Å². The summed E-state index contributed by atoms with van der Waals surface area (Å²) in [5, 5.41) is 15.6. The van der Waals surface area contributed by atoms with Crippen molar-refractivity contribution in [1.29, 1.82) is 5.41 Å². The number of amidine groups is 2. The minimum Gasteiger partial charge on any atom is -0.490 e. The molecule has 188 valence electrons. The monoisotopic (exact) mass is 532 g/mol. The number of rotatable bonds is 7. The first kappa shape index (κ1) is 26.2. The Bertz CT molecular complexity index is 1420. The number of hydrogen-bond acceptors (Lipinski definition) is 6. The second-order valence-corrected chi connectivity index (χ2v) is 9.28. The van der Waals surface area contributed by atoms with E-state index in [1.165, 1.54) is 16.8 Å². The Morgan fingerprint density at radius 2 is 1.70 bits per heavy atom. The number of amides is 1. The molecule has 0 atom stereocenters. The minimum atomic E-state index is -0.452. The first-order chi connectivity index (χ1) is 17.5. The summed E-state index contributed by atoms with van der Waals surface area (Å²) in [5.41, 5.74) is 4.11. The highest BCUT2D eigenvalue weighted by molar-refractivity contribution is 8.27. The number of benzene rings is 3. The zero-order chi connectivity index (χ0) is 25.1. The molecule has 0 radical (unpaired) electrons. The predicted molar refractivity (Wildman–Crippen MR) is 151 cm³/mol. The summed E-state index contributed by atoms with van der Waals surface area (Å²) in [4.78, 5) is 16.8. The molecule has 2 aliphatic heterocycles. The summed E-state index contributed by atoms with van der Waals surface area (Å²) in [5.74, 6) is 1.11. The molecule has 7 nitrogen and oxygen atoms in total. The minimum absolute atomic E-state index is 0. The van der Waals surface area contributed by atoms with Crippen LogP contribution in [0.1, 0.15) is 22.3 Å². The Morgan fingerprint density at radius 1 is 0.973 bits per heavy atom. The van der Waals surface area contributed by atoms with Gasteiger partial charge in [-0.25, -0.2) is 0 Å². The molecule has 1 N–H and O–H groups in total. The summed E-state index contributed by atoms with van der Waals surface area (Å²) >= 11 is 1.29. The van der Waals surface area contributed by atoms with Gasteiger partial charge < -0.3 is 9.47 Å². The van der Waals surface area contributed by atoms with Gasteiger partial charge >= 0.3 is 0 Å². The van der Waals surface area contributed by atoms with Crippen LogP contribution in [0.4, 0.5) is 0 Å². The van der Waals surface area contributed by atoms with Gasteiger partial charge in [-0.3, -0.25) is 10.2 Å². The Balaban J connectivity index is 0.00000320. The topological polar surface area (TPSA) is 87.3 Å². The van der Waals surface area contributed by atoms with E-state index in [-0.39, 0.29) is 23.8 Å². The van der Waals surface area contributed by atoms with E-state index in [2.05, 4.69) is 16.2 Å². The van der Waals surface area contributed by atoms with Crippen molar-refractivity contribution in [2.75, 3.05) is 13.2 Å². The molecule has 9 heteroatoms. The molecular formula is C28H25ClN4O3S. The number of hydrazone groups is 1. The van der Waals surface area contributed by atoms with Crippen LogP contribution in [0.5, 0.6) is 11.5 Å². The summed E-state index contributed by atoms with van der Waals surface area (Å²) < 4.78 is 11.6. The van der Waals surface area contributed by atoms with Gasteiger partial charge in [0.25, 0.3) is 5.91 Å². The fourth-order valence-corrected chi connectivity index (χ4v) is 4.59. The van der Waals surface area contributed by atoms with Crippen LogP contribution in [0.2, 0.25) is 0 Å². The third kappa shape index (κ3) is 5.93. The van der Waals surface area contributed by atoms with Crippen LogP contribution < -0.4 is 9.47 Å². The number of carbonyl (C=O) groups is 1. The first-order valence-electron chi connectivity index (χ1n) is 11.5. The molecule has 0 saturated carbocycles. The first-order valence-corrected chi connectivity index (χ1v) is 12.3. The zero-order valence-corrected chi connectivity index (χ0v) is 21.9. The van der Waals surface area contributed by atoms with Gasteiger partial charge in [0.2, 0.25) is 5.17 Å². The van der Waals surface area contributed by atoms with Gasteiger partial charge in [0.1, 0.15) is 29.8 Å². The maximum atomic E-state index is 12.7. The number of nitrogens with zero attached hydrogens (tertiary/aromatic N) is 3. The van der Waals surface area contributed by atoms with E-state index in [0.29, 0.717) is 29.2 Å². The standard InChI is InChI=1S/C28H24N4O3S.ClH/c1-18-8-9-19(2)24(16-18)35-15-14-34-22-12-10-20(11-13-22)17-23-25(29)32-28(30-26(23)33)36-27(31-32)21-6-4-3-5-7-21;/h3-13,16-17,29H,14-15H2,1-2H3;1H/b23-17-,29-25?;. The Hall–Kier alpha value is -3.88. The third-order valence-corrected chi connectivity index (χ3v) is 6.58. The number of carbonyl (C=O) groups excluding carboxylic acids is 1. The van der Waals surface area contributed by atoms with E-state index in [0.717, 1.165) is 28.0 Å². The number of aryl methyl sites for hydroxylation is 2. The molecule has 2 aliphatic rings. The Kier molecular flexibility index (Phi) is 8.11. The molecule has 3 aromatic carbocycles. The molecule has 0 aliphatic carbocycles. The fourth-order valence-electron chi connectivity index (χ4n) is 3.69. The highest BCUT2D eigenvalue weighted by atomic mass is 35.5. The van der Waals surface area contributed by atoms with E-state index in [1.54, 1.807) is 6.08 Å². The summed E-state index contributed by atoms with van der Waals surface area (Å²) in [6, 6.07) is 23.1. The quantitative estimate of drug-likeness (QED) is 0.304. The third-order valence-electron chi connectivity index (χ3n) is 5.62. The van der Waals surface area contributed by atoms with Crippen LogP contribution in [0.15, 0.2) is 88.5 Å². The number of thioether (sulfide) groups is 1. The molecule has 0 unspecified atom stereocenters. The molecular weight excluding hydrogens is 508 g/mol. The van der Waals surface area contributed by atoms with E-state index >= 15 is 0 Å². The molecule has 5 rings (SSSR count). The van der Waals surface area contributed by atoms with Crippen molar-refractivity contribution in [2.45, 2.75) is 13.8 Å². The molecule has 37 heavy (non-hydrogen) atoms. The summed E-state index contributed by atoms with van der Waals surface area (Å²) in [6.07, 6.45) is 1.65. The number of nitrogens with one attached hydrogen (secondary N) is 1. The van der Waals surface area contributed by atoms with Crippen molar-refractivity contribution >= 4 is 52.2 Å². The second-order valence-electron chi connectivity index (χ2n) is 8.33. The summed E-state index contributed by atoms with van der Waals surface area (Å²) in [7, 11) is 0. The van der Waals surface area contributed by atoms with Crippen LogP contribution in [0, 0.1) is 19.3 Å². The normalized spacial score (nSPS) is 15.6. The maximum Gasteiger partial charge on any atom is 0.283 e. The second kappa shape index (κ2) is 11.5. The molecule has 3 aromatic rings. The Labute approximate surface area is 225 Å². The highest BCUT2D eigenvalue weighted by Gasteiger charge is 2.35. The predicted octanol–water partition coefficient (Wildman–Crippen LogP) is 5.85. The smallest absolute Gasteiger partial charge is 0.283 e. The van der Waals surface area contributed by atoms with Crippen molar-refractivity contribution in [3.8, 4) is 11.5 Å². The average Bonchev–Trinajstić information content (AvgIpc) is 3.32. The number of aliphatic imine (C=N–C) groups is 1. The van der Waals surface area contributed by atoms with Crippen molar-refractivity contribution in [3.05, 3.63) is 101 Å². The van der Waals surface area contributed by atoms with Crippen LogP contribution in [-0.2, 0) is 4.79 Å². The SMILES string of the molecule is Cc1ccc(C)c(OCCOc2ccc(/C=C3/C(=N)N4N=C(c5ccccc5)SC4=NC3=O)cc2)c1.Cl. The molecule has 2 heterocycles. The van der Waals surface area contributed by atoms with Crippen molar-refractivity contribution < 1.29 is 14.3 Å². The van der Waals surface area contributed by atoms with Gasteiger partial charge in [-0.2, -0.15) is 15.1 Å². The van der Waals surface area contributed by atoms with Crippen molar-refractivity contribution in [1.82, 2.24) is 5.01 Å². The number of fused-ring (bicyclic) bond motifs is 1. The molecule has 0 fully saturated rings. The lowest BCUT2D eigenvalue weighted by molar-refractivity contribution is -0.114. The molecule has 0 bridgehead atoms. The Morgan fingerprint density at radius 3 is 2.46 bits per heavy atom. The van der Waals surface area contributed by atoms with Crippen LogP contribution in [0.25, 0.3) is 6.08 Å². The largest absolute Gasteiger partial charge is 0.490 e. The van der Waals surface area contributed by atoms with Crippen LogP contribution in [-0.4, -0.2) is 40.2 Å². The molecule has 1 amide bonds. The summed E-state index contributed by atoms with van der Waals surface area (Å²) in [6.45, 7) is 4.89. The average molecular weight is 533 g/mol. The van der Waals surface area contributed by atoms with Gasteiger partial charge in [-0.05, 0) is 66.6 Å². The van der Waals surface area contributed by atoms with Gasteiger partial charge in [-0.15, -0.1) is 12.4 Å². The van der Waals surface area contributed by atoms with E-state index < -0.39 is 5.91 Å². The highest BCUT2D eigenvalue weighted by Crippen LogP contribution is 2.31. The lowest BCUT2D eigenvalue weighted by Crippen LogP contribution is -2.35. The van der Waals surface area contributed by atoms with Gasteiger partial charge in [-0.1, -0.05) is 54.6 Å². The number of hydrogen-bond donors (Lipinski definition) is 1. The van der Waals surface area contributed by atoms with Crippen molar-refractivity contribution in [2.24, 2.45) is 10.1 Å². The van der Waals surface area contributed by atoms with Gasteiger partial charge in [0.15, 0.2) is 5.84 Å². The van der Waals surface area contributed by atoms with E-state index in [1.807, 2.05) is 80.6 Å². The zero-order valence-electron chi connectivity index (χ0n) is 20.3. The molecule has 0 saturated heterocycles.